The second-order valence-corrected chi connectivity index (χ2v) is 4.87. The van der Waals surface area contributed by atoms with E-state index >= 15 is 0 Å². The van der Waals surface area contributed by atoms with E-state index in [1.807, 2.05) is 0 Å². The minimum Gasteiger partial charge on any atom is -0.504 e. The van der Waals surface area contributed by atoms with Gasteiger partial charge in [0, 0.05) is 0 Å². The average molecular weight is 320 g/mol. The Bertz CT molecular complexity index is 643. The molecule has 2 aromatic rings. The number of ether oxygens (including phenoxy) is 3. The van der Waals surface area contributed by atoms with Gasteiger partial charge in [-0.25, -0.2) is 0 Å². The average Bonchev–Trinajstić information content (AvgIpc) is 2.59. The van der Waals surface area contributed by atoms with Gasteiger partial charge in [0.05, 0.1) is 20.8 Å². The Balaban J connectivity index is 2.23. The van der Waals surface area contributed by atoms with E-state index < -0.39 is 18.8 Å². The molecular formula is C17H20O6. The maximum Gasteiger partial charge on any atom is 0.161 e. The molecule has 0 spiro atoms. The van der Waals surface area contributed by atoms with Crippen molar-refractivity contribution in [2.45, 2.75) is 12.2 Å². The lowest BCUT2D eigenvalue weighted by molar-refractivity contribution is -0.000512. The molecule has 0 saturated heterocycles. The van der Waals surface area contributed by atoms with E-state index in [9.17, 15) is 15.3 Å². The Morgan fingerprint density at radius 3 is 2.22 bits per heavy atom. The van der Waals surface area contributed by atoms with Gasteiger partial charge >= 0.3 is 0 Å². The number of hydrogen-bond donors (Lipinski definition) is 3. The minimum atomic E-state index is -1.11. The van der Waals surface area contributed by atoms with E-state index in [-0.39, 0.29) is 11.5 Å². The molecule has 0 aromatic heterocycles. The quantitative estimate of drug-likeness (QED) is 0.722. The zero-order chi connectivity index (χ0) is 16.8. The molecule has 2 rings (SSSR count). The number of methoxy groups -OCH3 is 2. The molecule has 0 bridgehead atoms. The van der Waals surface area contributed by atoms with Crippen molar-refractivity contribution in [3.63, 3.8) is 0 Å². The Hall–Kier alpha value is -2.44. The predicted octanol–water partition coefficient (Wildman–Crippen LogP) is 1.88. The second kappa shape index (κ2) is 7.71. The summed E-state index contributed by atoms with van der Waals surface area (Å²) in [7, 11) is 2.93. The molecule has 0 aliphatic heterocycles. The molecule has 0 unspecified atom stereocenters. The van der Waals surface area contributed by atoms with Crippen molar-refractivity contribution in [1.82, 2.24) is 0 Å². The smallest absolute Gasteiger partial charge is 0.161 e. The highest BCUT2D eigenvalue weighted by atomic mass is 16.5. The largest absolute Gasteiger partial charge is 0.504 e. The maximum absolute atomic E-state index is 10.5. The van der Waals surface area contributed by atoms with Crippen molar-refractivity contribution in [1.29, 1.82) is 0 Å². The Morgan fingerprint density at radius 2 is 1.61 bits per heavy atom. The molecule has 6 nitrogen and oxygen atoms in total. The highest BCUT2D eigenvalue weighted by molar-refractivity contribution is 5.43. The molecule has 0 amide bonds. The van der Waals surface area contributed by atoms with Crippen LogP contribution in [0.25, 0.3) is 0 Å². The van der Waals surface area contributed by atoms with Crippen LogP contribution in [0.2, 0.25) is 0 Å². The lowest BCUT2D eigenvalue weighted by Crippen LogP contribution is -2.29. The predicted molar refractivity (Wildman–Crippen MR) is 84.1 cm³/mol. The van der Waals surface area contributed by atoms with E-state index in [0.717, 1.165) is 0 Å². The minimum absolute atomic E-state index is 0.0327. The summed E-state index contributed by atoms with van der Waals surface area (Å²) in [5.74, 6) is 1.12. The van der Waals surface area contributed by atoms with Gasteiger partial charge in [0.15, 0.2) is 29.1 Å². The fourth-order valence-corrected chi connectivity index (χ4v) is 2.17. The fraction of sp³-hybridized carbons (Fsp3) is 0.294. The van der Waals surface area contributed by atoms with Crippen molar-refractivity contribution >= 4 is 0 Å². The van der Waals surface area contributed by atoms with Gasteiger partial charge in [-0.05, 0) is 29.8 Å². The van der Waals surface area contributed by atoms with Crippen LogP contribution in [0, 0.1) is 0 Å². The van der Waals surface area contributed by atoms with Crippen molar-refractivity contribution in [3.05, 3.63) is 48.0 Å². The number of para-hydroxylation sites is 2. The molecule has 2 atom stereocenters. The van der Waals surface area contributed by atoms with Crippen LogP contribution in [0.5, 0.6) is 23.0 Å². The van der Waals surface area contributed by atoms with Crippen LogP contribution in [0.3, 0.4) is 0 Å². The van der Waals surface area contributed by atoms with Gasteiger partial charge in [0.25, 0.3) is 0 Å². The first-order valence-electron chi connectivity index (χ1n) is 7.06. The van der Waals surface area contributed by atoms with Gasteiger partial charge < -0.3 is 29.5 Å². The number of aromatic hydroxyl groups is 1. The van der Waals surface area contributed by atoms with Crippen LogP contribution < -0.4 is 14.2 Å². The Kier molecular flexibility index (Phi) is 5.67. The molecule has 2 aromatic carbocycles. The molecule has 0 aliphatic rings. The number of aliphatic hydroxyl groups is 2. The lowest BCUT2D eigenvalue weighted by Gasteiger charge is -2.24. The molecule has 0 heterocycles. The highest BCUT2D eigenvalue weighted by Gasteiger charge is 2.24. The van der Waals surface area contributed by atoms with Gasteiger partial charge in [-0.3, -0.25) is 0 Å². The summed E-state index contributed by atoms with van der Waals surface area (Å²) in [6.45, 7) is -0.400. The maximum atomic E-state index is 10.5. The molecule has 0 radical (unpaired) electrons. The second-order valence-electron chi connectivity index (χ2n) is 4.87. The van der Waals surface area contributed by atoms with Gasteiger partial charge in [0.2, 0.25) is 0 Å². The topological polar surface area (TPSA) is 88.4 Å². The van der Waals surface area contributed by atoms with Crippen molar-refractivity contribution < 1.29 is 29.5 Å². The normalized spacial score (nSPS) is 13.2. The van der Waals surface area contributed by atoms with Crippen molar-refractivity contribution in [2.75, 3.05) is 20.8 Å². The first-order valence-corrected chi connectivity index (χ1v) is 7.06. The monoisotopic (exact) mass is 320 g/mol. The molecule has 3 N–H and O–H groups in total. The zero-order valence-electron chi connectivity index (χ0n) is 13.0. The number of hydrogen-bond acceptors (Lipinski definition) is 6. The molecule has 0 aliphatic carbocycles. The van der Waals surface area contributed by atoms with E-state index in [4.69, 9.17) is 14.2 Å². The number of rotatable bonds is 7. The van der Waals surface area contributed by atoms with Crippen LogP contribution in [-0.2, 0) is 0 Å². The number of phenols is 1. The van der Waals surface area contributed by atoms with E-state index in [0.29, 0.717) is 17.1 Å². The summed E-state index contributed by atoms with van der Waals surface area (Å²) >= 11 is 0. The van der Waals surface area contributed by atoms with Crippen LogP contribution in [0.1, 0.15) is 11.7 Å². The lowest BCUT2D eigenvalue weighted by atomic mass is 10.0. The molecule has 124 valence electrons. The number of phenolic OH excluding ortho intramolecular Hbond substituents is 1. The van der Waals surface area contributed by atoms with Crippen molar-refractivity contribution in [3.8, 4) is 23.0 Å². The molecule has 23 heavy (non-hydrogen) atoms. The Morgan fingerprint density at radius 1 is 0.957 bits per heavy atom. The molecule has 0 fully saturated rings. The summed E-state index contributed by atoms with van der Waals surface area (Å²) in [5.41, 5.74) is 0.452. The van der Waals surface area contributed by atoms with Crippen LogP contribution in [-0.4, -0.2) is 42.3 Å². The summed E-state index contributed by atoms with van der Waals surface area (Å²) in [5, 5.41) is 29.6. The van der Waals surface area contributed by atoms with Gasteiger partial charge in [-0.15, -0.1) is 0 Å². The van der Waals surface area contributed by atoms with Crippen molar-refractivity contribution in [2.24, 2.45) is 0 Å². The third-order valence-corrected chi connectivity index (χ3v) is 3.42. The van der Waals surface area contributed by atoms with Gasteiger partial charge in [-0.1, -0.05) is 18.2 Å². The van der Waals surface area contributed by atoms with Gasteiger partial charge in [-0.2, -0.15) is 0 Å². The molecular weight excluding hydrogens is 300 g/mol. The highest BCUT2D eigenvalue weighted by Crippen LogP contribution is 2.33. The number of aliphatic hydroxyl groups excluding tert-OH is 2. The third-order valence-electron chi connectivity index (χ3n) is 3.42. The van der Waals surface area contributed by atoms with Crippen LogP contribution in [0.15, 0.2) is 42.5 Å². The number of benzene rings is 2. The van der Waals surface area contributed by atoms with E-state index in [1.54, 1.807) is 24.3 Å². The summed E-state index contributed by atoms with van der Waals surface area (Å²) in [6, 6.07) is 11.4. The molecule has 6 heteroatoms. The van der Waals surface area contributed by atoms with Crippen LogP contribution in [0.4, 0.5) is 0 Å². The first-order chi connectivity index (χ1) is 11.1. The summed E-state index contributed by atoms with van der Waals surface area (Å²) in [6.07, 6.45) is -2.01. The van der Waals surface area contributed by atoms with E-state index in [1.165, 1.54) is 32.4 Å². The van der Waals surface area contributed by atoms with Crippen LogP contribution >= 0.6 is 0 Å². The van der Waals surface area contributed by atoms with E-state index in [2.05, 4.69) is 0 Å². The standard InChI is InChI=1S/C17H20O6/c1-21-13-5-3-4-6-14(13)23-16(10-18)17(20)11-7-8-12(19)15(9-11)22-2/h3-9,16-20H,10H2,1-2H3/t16-,17-/m1/s1. The third kappa shape index (κ3) is 3.85. The SMILES string of the molecule is COc1cc([C@@H](O)[C@@H](CO)Oc2ccccc2OC)ccc1O. The Labute approximate surface area is 134 Å². The summed E-state index contributed by atoms with van der Waals surface area (Å²) < 4.78 is 15.9. The first kappa shape index (κ1) is 16.9. The molecule has 0 saturated carbocycles. The summed E-state index contributed by atoms with van der Waals surface area (Å²) in [4.78, 5) is 0. The zero-order valence-corrected chi connectivity index (χ0v) is 13.0. The fourth-order valence-electron chi connectivity index (χ4n) is 2.17. The van der Waals surface area contributed by atoms with Gasteiger partial charge in [0.1, 0.15) is 6.10 Å².